The Morgan fingerprint density at radius 3 is 2.13 bits per heavy atom. The third-order valence-corrected chi connectivity index (χ3v) is 6.02. The van der Waals surface area contributed by atoms with Gasteiger partial charge in [-0.3, -0.25) is 9.59 Å². The van der Waals surface area contributed by atoms with E-state index in [-0.39, 0.29) is 18.0 Å². The summed E-state index contributed by atoms with van der Waals surface area (Å²) in [6.45, 7) is 13.9. The summed E-state index contributed by atoms with van der Waals surface area (Å²) in [5.41, 5.74) is 0.514. The number of carbonyl (C=O) groups is 2. The molecule has 9 nitrogen and oxygen atoms in total. The van der Waals surface area contributed by atoms with Crippen LogP contribution in [0, 0.1) is 0 Å². The van der Waals surface area contributed by atoms with E-state index in [0.29, 0.717) is 34.2 Å². The van der Waals surface area contributed by atoms with Crippen molar-refractivity contribution >= 4 is 11.8 Å². The number of nitrogens with one attached hydrogen (secondary N) is 4. The highest BCUT2D eigenvalue weighted by Gasteiger charge is 2.30. The Morgan fingerprint density at radius 2 is 1.58 bits per heavy atom. The summed E-state index contributed by atoms with van der Waals surface area (Å²) in [5.74, 6) is -0.0387. The Morgan fingerprint density at radius 1 is 1.00 bits per heavy atom. The van der Waals surface area contributed by atoms with Gasteiger partial charge in [0.15, 0.2) is 13.1 Å². The first-order chi connectivity index (χ1) is 14.3. The summed E-state index contributed by atoms with van der Waals surface area (Å²) in [5, 5.41) is 16.2. The Balaban J connectivity index is 2.18. The van der Waals surface area contributed by atoms with Gasteiger partial charge in [-0.15, -0.1) is 0 Å². The van der Waals surface area contributed by atoms with E-state index in [0.717, 1.165) is 52.2 Å². The van der Waals surface area contributed by atoms with Crippen molar-refractivity contribution in [3.8, 4) is 0 Å². The first kappa shape index (κ1) is 27.5. The van der Waals surface area contributed by atoms with Crippen LogP contribution < -0.4 is 20.4 Å². The van der Waals surface area contributed by atoms with Gasteiger partial charge >= 0.3 is 0 Å². The maximum atomic E-state index is 12.3. The van der Waals surface area contributed by atoms with Gasteiger partial charge in [0, 0.05) is 18.5 Å². The second-order valence-electron chi connectivity index (χ2n) is 10.6. The highest BCUT2D eigenvalue weighted by atomic mass is 16.3. The van der Waals surface area contributed by atoms with Crippen LogP contribution >= 0.6 is 0 Å². The molecule has 1 rings (SSSR count). The van der Waals surface area contributed by atoms with Crippen LogP contribution in [0.2, 0.25) is 0 Å². The third kappa shape index (κ3) is 11.6. The fraction of sp³-hybridized carbons (Fsp3) is 0.818. The number of hydrogen-bond donors (Lipinski definition) is 5. The van der Waals surface area contributed by atoms with Gasteiger partial charge in [-0.25, -0.2) is 0 Å². The standard InChI is InChI=1S/C22H44N6O3/c1-19(2)22(31)24-9-8-16-28(6,7)18-20(29)23-10-11-25-12-14-26(15-13-25)17-21(30)27(3,4)5/h21,30H,1,8-18H2,2-7H3/p+4. The molecular weight excluding hydrogens is 396 g/mol. The molecule has 0 spiro atoms. The van der Waals surface area contributed by atoms with E-state index in [1.54, 1.807) is 6.92 Å². The van der Waals surface area contributed by atoms with Gasteiger partial charge in [0.2, 0.25) is 12.1 Å². The molecule has 9 heteroatoms. The SMILES string of the molecule is C=C(C)C(=O)NCCC[N+](C)(C)CC(=O)NCC[NH+]1CC[NH+](CC(O)[N+](C)(C)C)CC1. The smallest absolute Gasteiger partial charge is 0.275 e. The van der Waals surface area contributed by atoms with Gasteiger partial charge in [0.05, 0.1) is 54.9 Å². The van der Waals surface area contributed by atoms with E-state index in [2.05, 4.69) is 17.2 Å². The minimum absolute atomic E-state index is 0.0747. The molecule has 1 fully saturated rings. The minimum atomic E-state index is -0.334. The first-order valence-corrected chi connectivity index (χ1v) is 11.5. The fourth-order valence-electron chi connectivity index (χ4n) is 3.71. The van der Waals surface area contributed by atoms with Gasteiger partial charge in [-0.2, -0.15) is 0 Å². The van der Waals surface area contributed by atoms with Crippen LogP contribution in [0.5, 0.6) is 0 Å². The molecule has 0 radical (unpaired) electrons. The van der Waals surface area contributed by atoms with Crippen LogP contribution in [0.1, 0.15) is 13.3 Å². The number of likely N-dealkylation sites (N-methyl/N-ethyl adjacent to an activating group) is 2. The lowest BCUT2D eigenvalue weighted by Crippen LogP contribution is -3.28. The second kappa shape index (κ2) is 12.5. The molecular formula is C22H48N6O3+4. The molecule has 0 aromatic heterocycles. The normalized spacial score (nSPS) is 20.7. The highest BCUT2D eigenvalue weighted by Crippen LogP contribution is 1.99. The molecule has 1 atom stereocenters. The summed E-state index contributed by atoms with van der Waals surface area (Å²) in [6, 6.07) is 0. The molecule has 5 N–H and O–H groups in total. The van der Waals surface area contributed by atoms with E-state index in [1.165, 1.54) is 9.80 Å². The predicted octanol–water partition coefficient (Wildman–Crippen LogP) is -3.93. The van der Waals surface area contributed by atoms with Crippen molar-refractivity contribution in [3.05, 3.63) is 12.2 Å². The van der Waals surface area contributed by atoms with E-state index in [1.807, 2.05) is 35.2 Å². The number of nitrogens with zero attached hydrogens (tertiary/aromatic N) is 2. The Kier molecular flexibility index (Phi) is 11.1. The number of carbonyl (C=O) groups excluding carboxylic acids is 2. The zero-order chi connectivity index (χ0) is 23.7. The average Bonchev–Trinajstić information content (AvgIpc) is 2.65. The van der Waals surface area contributed by atoms with E-state index in [9.17, 15) is 14.7 Å². The molecule has 0 aromatic rings. The van der Waals surface area contributed by atoms with Crippen molar-refractivity contribution in [1.82, 2.24) is 10.6 Å². The zero-order valence-corrected chi connectivity index (χ0v) is 20.7. The summed E-state index contributed by atoms with van der Waals surface area (Å²) in [4.78, 5) is 26.8. The average molecular weight is 445 g/mol. The summed E-state index contributed by atoms with van der Waals surface area (Å²) < 4.78 is 1.17. The molecule has 1 aliphatic rings. The van der Waals surface area contributed by atoms with Gasteiger partial charge in [0.1, 0.15) is 26.2 Å². The van der Waals surface area contributed by atoms with Crippen LogP contribution in [0.3, 0.4) is 0 Å². The number of aliphatic hydroxyl groups excluding tert-OH is 1. The van der Waals surface area contributed by atoms with Gasteiger partial charge in [-0.1, -0.05) is 6.58 Å². The number of piperazine rings is 1. The highest BCUT2D eigenvalue weighted by molar-refractivity contribution is 5.91. The molecule has 1 unspecified atom stereocenters. The van der Waals surface area contributed by atoms with Crippen LogP contribution in [-0.2, 0) is 9.59 Å². The number of amides is 2. The van der Waals surface area contributed by atoms with Crippen molar-refractivity contribution in [2.75, 3.05) is 101 Å². The summed E-state index contributed by atoms with van der Waals surface area (Å²) in [7, 11) is 10.2. The van der Waals surface area contributed by atoms with Crippen LogP contribution in [0.4, 0.5) is 0 Å². The molecule has 2 amide bonds. The first-order valence-electron chi connectivity index (χ1n) is 11.5. The number of rotatable bonds is 13. The Hall–Kier alpha value is -1.52. The molecule has 180 valence electrons. The fourth-order valence-corrected chi connectivity index (χ4v) is 3.71. The van der Waals surface area contributed by atoms with Crippen molar-refractivity contribution in [3.63, 3.8) is 0 Å². The number of quaternary nitrogens is 4. The second-order valence-corrected chi connectivity index (χ2v) is 10.6. The molecule has 1 aliphatic heterocycles. The quantitative estimate of drug-likeness (QED) is 0.0871. The van der Waals surface area contributed by atoms with Crippen molar-refractivity contribution in [2.24, 2.45) is 0 Å². The number of aliphatic hydroxyl groups is 1. The van der Waals surface area contributed by atoms with Crippen molar-refractivity contribution in [1.29, 1.82) is 0 Å². The lowest BCUT2D eigenvalue weighted by Gasteiger charge is -2.34. The Labute approximate surface area is 188 Å². The van der Waals surface area contributed by atoms with Gasteiger partial charge < -0.3 is 34.5 Å². The largest absolute Gasteiger partial charge is 0.352 e. The van der Waals surface area contributed by atoms with Crippen LogP contribution in [-0.4, -0.2) is 133 Å². The predicted molar refractivity (Wildman–Crippen MR) is 122 cm³/mol. The molecule has 1 saturated heterocycles. The van der Waals surface area contributed by atoms with E-state index in [4.69, 9.17) is 0 Å². The van der Waals surface area contributed by atoms with Crippen LogP contribution in [0.25, 0.3) is 0 Å². The minimum Gasteiger partial charge on any atom is -0.352 e. The molecule has 0 aromatic carbocycles. The summed E-state index contributed by atoms with van der Waals surface area (Å²) in [6.07, 6.45) is 0.485. The maximum Gasteiger partial charge on any atom is 0.275 e. The number of hydrogen-bond acceptors (Lipinski definition) is 3. The third-order valence-electron chi connectivity index (χ3n) is 6.02. The monoisotopic (exact) mass is 444 g/mol. The molecule has 0 bridgehead atoms. The van der Waals surface area contributed by atoms with E-state index >= 15 is 0 Å². The molecule has 1 heterocycles. The van der Waals surface area contributed by atoms with Crippen molar-refractivity contribution < 1.29 is 33.5 Å². The lowest BCUT2D eigenvalue weighted by molar-refractivity contribution is -1.03. The lowest BCUT2D eigenvalue weighted by atomic mass is 10.3. The molecule has 31 heavy (non-hydrogen) atoms. The molecule has 0 saturated carbocycles. The topological polar surface area (TPSA) is 87.3 Å². The molecule has 0 aliphatic carbocycles. The van der Waals surface area contributed by atoms with Gasteiger partial charge in [-0.05, 0) is 6.92 Å². The maximum absolute atomic E-state index is 12.3. The van der Waals surface area contributed by atoms with Crippen molar-refractivity contribution in [2.45, 2.75) is 19.6 Å². The zero-order valence-electron chi connectivity index (χ0n) is 20.7. The van der Waals surface area contributed by atoms with Gasteiger partial charge in [0.25, 0.3) is 5.91 Å². The van der Waals surface area contributed by atoms with E-state index < -0.39 is 0 Å². The van der Waals surface area contributed by atoms with Crippen LogP contribution in [0.15, 0.2) is 12.2 Å². The Bertz CT molecular complexity index is 595. The summed E-state index contributed by atoms with van der Waals surface area (Å²) >= 11 is 0.